The largest absolute Gasteiger partial charge is 0.493 e. The molecule has 3 aromatic rings. The number of nitrogens with zero attached hydrogens (tertiary/aromatic N) is 2. The van der Waals surface area contributed by atoms with Gasteiger partial charge in [0.15, 0.2) is 11.5 Å². The minimum atomic E-state index is -3.01. The second-order valence-corrected chi connectivity index (χ2v) is 8.26. The van der Waals surface area contributed by atoms with E-state index in [1.165, 1.54) is 31.4 Å². The van der Waals surface area contributed by atoms with Crippen molar-refractivity contribution >= 4 is 45.8 Å². The van der Waals surface area contributed by atoms with Crippen LogP contribution in [0.25, 0.3) is 17.0 Å². The Morgan fingerprint density at radius 2 is 1.94 bits per heavy atom. The number of hydrogen-bond donors (Lipinski definition) is 1. The summed E-state index contributed by atoms with van der Waals surface area (Å²) in [6.45, 7) is -2.98. The van der Waals surface area contributed by atoms with E-state index in [0.29, 0.717) is 11.1 Å². The second-order valence-electron chi connectivity index (χ2n) is 7.27. The summed E-state index contributed by atoms with van der Waals surface area (Å²) in [5, 5.41) is 3.09. The molecule has 0 saturated carbocycles. The number of carbonyl (C=O) groups excluding carboxylic acids is 3. The summed E-state index contributed by atoms with van der Waals surface area (Å²) in [6, 6.07) is 15.0. The van der Waals surface area contributed by atoms with E-state index in [9.17, 15) is 23.2 Å². The Hall–Kier alpha value is -3.99. The van der Waals surface area contributed by atoms with Crippen molar-refractivity contribution < 1.29 is 32.6 Å². The van der Waals surface area contributed by atoms with Crippen molar-refractivity contribution in [3.8, 4) is 11.5 Å². The van der Waals surface area contributed by atoms with E-state index in [0.717, 1.165) is 22.0 Å². The van der Waals surface area contributed by atoms with Crippen LogP contribution in [0.5, 0.6) is 11.5 Å². The van der Waals surface area contributed by atoms with E-state index < -0.39 is 23.7 Å². The smallest absolute Gasteiger partial charge is 0.387 e. The van der Waals surface area contributed by atoms with Gasteiger partial charge >= 0.3 is 6.61 Å². The first-order chi connectivity index (χ1) is 16.9. The normalized spacial score (nSPS) is 14.7. The summed E-state index contributed by atoms with van der Waals surface area (Å²) in [5.41, 5.74) is 1.37. The first kappa shape index (κ1) is 24.1. The number of para-hydroxylation sites is 1. The van der Waals surface area contributed by atoms with Gasteiger partial charge in [-0.2, -0.15) is 8.78 Å². The molecule has 35 heavy (non-hydrogen) atoms. The summed E-state index contributed by atoms with van der Waals surface area (Å²) in [5.74, 6) is -1.03. The first-order valence-corrected chi connectivity index (χ1v) is 11.2. The van der Waals surface area contributed by atoms with E-state index in [1.807, 2.05) is 18.2 Å². The predicted molar refractivity (Wildman–Crippen MR) is 126 cm³/mol. The Balaban J connectivity index is 1.38. The monoisotopic (exact) mass is 499 g/mol. The van der Waals surface area contributed by atoms with Crippen molar-refractivity contribution in [2.45, 2.75) is 6.61 Å². The van der Waals surface area contributed by atoms with Gasteiger partial charge in [-0.3, -0.25) is 19.3 Å². The lowest BCUT2D eigenvalue weighted by Crippen LogP contribution is -2.37. The maximum Gasteiger partial charge on any atom is 0.387 e. The van der Waals surface area contributed by atoms with Crippen molar-refractivity contribution in [3.63, 3.8) is 0 Å². The number of carbonyl (C=O) groups is 3. The molecule has 2 heterocycles. The summed E-state index contributed by atoms with van der Waals surface area (Å²) in [4.78, 5) is 43.0. The average molecular weight is 499 g/mol. The van der Waals surface area contributed by atoms with Crippen molar-refractivity contribution in [2.24, 2.45) is 0 Å². The fourth-order valence-electron chi connectivity index (χ4n) is 3.38. The van der Waals surface area contributed by atoms with E-state index >= 15 is 0 Å². The van der Waals surface area contributed by atoms with Gasteiger partial charge in [-0.05, 0) is 47.7 Å². The highest BCUT2D eigenvalue weighted by Crippen LogP contribution is 2.34. The molecular formula is C24H19F2N3O5S. The number of fused-ring (bicyclic) bond motifs is 1. The molecule has 1 aromatic heterocycles. The molecule has 180 valence electrons. The number of halogens is 2. The SMILES string of the molecule is COc1cc(/C=C2\SC(=O)N(CCNC(=O)c3ccc4ccccc4n3)C2=O)ccc1OC(F)F. The number of rotatable bonds is 8. The number of ether oxygens (including phenoxy) is 2. The van der Waals surface area contributed by atoms with E-state index in [2.05, 4.69) is 15.0 Å². The third-order valence-corrected chi connectivity index (χ3v) is 5.93. The third-order valence-electron chi connectivity index (χ3n) is 5.03. The zero-order valence-electron chi connectivity index (χ0n) is 18.4. The van der Waals surface area contributed by atoms with E-state index in [1.54, 1.807) is 18.2 Å². The minimum Gasteiger partial charge on any atom is -0.493 e. The standard InChI is InChI=1S/C24H19F2N3O5S/c1-33-19-12-14(6-9-18(19)34-23(25)26)13-20-22(31)29(24(32)35-20)11-10-27-21(30)17-8-7-15-4-2-3-5-16(15)28-17/h2-9,12-13,23H,10-11H2,1H3,(H,27,30)/b20-13-. The number of methoxy groups -OCH3 is 1. The molecule has 4 rings (SSSR count). The van der Waals surface area contributed by atoms with Gasteiger partial charge in [0.1, 0.15) is 5.69 Å². The van der Waals surface area contributed by atoms with Crippen LogP contribution in [0.1, 0.15) is 16.1 Å². The lowest BCUT2D eigenvalue weighted by molar-refractivity contribution is -0.122. The summed E-state index contributed by atoms with van der Waals surface area (Å²) in [7, 11) is 1.30. The molecule has 11 heteroatoms. The molecule has 1 aliphatic rings. The predicted octanol–water partition coefficient (Wildman–Crippen LogP) is 4.31. The van der Waals surface area contributed by atoms with Crippen molar-refractivity contribution in [1.29, 1.82) is 0 Å². The molecule has 0 spiro atoms. The Morgan fingerprint density at radius 3 is 2.71 bits per heavy atom. The van der Waals surface area contributed by atoms with Crippen LogP contribution in [0.15, 0.2) is 59.5 Å². The molecule has 2 aromatic carbocycles. The topological polar surface area (TPSA) is 97.8 Å². The van der Waals surface area contributed by atoms with Gasteiger partial charge in [-0.25, -0.2) is 4.98 Å². The van der Waals surface area contributed by atoms with Gasteiger partial charge in [0, 0.05) is 18.5 Å². The molecule has 0 atom stereocenters. The van der Waals surface area contributed by atoms with Crippen LogP contribution in [0, 0.1) is 0 Å². The van der Waals surface area contributed by atoms with Crippen LogP contribution in [0.4, 0.5) is 13.6 Å². The van der Waals surface area contributed by atoms with Crippen molar-refractivity contribution in [2.75, 3.05) is 20.2 Å². The maximum atomic E-state index is 12.7. The number of pyridine rings is 1. The molecule has 0 unspecified atom stereocenters. The van der Waals surface area contributed by atoms with E-state index in [4.69, 9.17) is 4.74 Å². The molecular weight excluding hydrogens is 480 g/mol. The van der Waals surface area contributed by atoms with Crippen molar-refractivity contribution in [3.05, 3.63) is 70.8 Å². The van der Waals surface area contributed by atoms with Gasteiger partial charge in [-0.15, -0.1) is 0 Å². The second kappa shape index (κ2) is 10.5. The number of hydrogen-bond acceptors (Lipinski definition) is 7. The van der Waals surface area contributed by atoms with E-state index in [-0.39, 0.29) is 35.2 Å². The van der Waals surface area contributed by atoms with Crippen LogP contribution >= 0.6 is 11.8 Å². The molecule has 1 saturated heterocycles. The number of imide groups is 1. The number of alkyl halides is 2. The molecule has 1 aliphatic heterocycles. The number of thioether (sulfide) groups is 1. The molecule has 3 amide bonds. The van der Waals surface area contributed by atoms with Crippen LogP contribution in [0.3, 0.4) is 0 Å². The molecule has 1 N–H and O–H groups in total. The summed E-state index contributed by atoms with van der Waals surface area (Å²) in [6.07, 6.45) is 1.46. The Kier molecular flexibility index (Phi) is 7.25. The lowest BCUT2D eigenvalue weighted by Gasteiger charge is -2.13. The lowest BCUT2D eigenvalue weighted by atomic mass is 10.2. The highest BCUT2D eigenvalue weighted by molar-refractivity contribution is 8.18. The van der Waals surface area contributed by atoms with Crippen molar-refractivity contribution in [1.82, 2.24) is 15.2 Å². The fourth-order valence-corrected chi connectivity index (χ4v) is 4.24. The van der Waals surface area contributed by atoms with Crippen LogP contribution in [0.2, 0.25) is 0 Å². The Bertz CT molecular complexity index is 1330. The maximum absolute atomic E-state index is 12.7. The van der Waals surface area contributed by atoms with Gasteiger partial charge in [0.05, 0.1) is 17.5 Å². The summed E-state index contributed by atoms with van der Waals surface area (Å²) >= 11 is 0.743. The van der Waals surface area contributed by atoms with Gasteiger partial charge in [0.2, 0.25) is 0 Å². The van der Waals surface area contributed by atoms with Gasteiger partial charge in [0.25, 0.3) is 17.1 Å². The highest BCUT2D eigenvalue weighted by Gasteiger charge is 2.34. The minimum absolute atomic E-state index is 0.0220. The molecule has 0 bridgehead atoms. The fraction of sp³-hybridized carbons (Fsp3) is 0.167. The number of benzene rings is 2. The zero-order valence-corrected chi connectivity index (χ0v) is 19.2. The Labute approximate surface area is 202 Å². The van der Waals surface area contributed by atoms with Crippen LogP contribution < -0.4 is 14.8 Å². The average Bonchev–Trinajstić information content (AvgIpc) is 3.11. The Morgan fingerprint density at radius 1 is 1.14 bits per heavy atom. The number of amides is 3. The zero-order chi connectivity index (χ0) is 24.9. The molecule has 8 nitrogen and oxygen atoms in total. The number of nitrogens with one attached hydrogen (secondary N) is 1. The van der Waals surface area contributed by atoms with Gasteiger partial charge in [-0.1, -0.05) is 30.3 Å². The summed E-state index contributed by atoms with van der Waals surface area (Å²) < 4.78 is 34.4. The van der Waals surface area contributed by atoms with Gasteiger partial charge < -0.3 is 14.8 Å². The first-order valence-electron chi connectivity index (χ1n) is 10.4. The number of aromatic nitrogens is 1. The quantitative estimate of drug-likeness (QED) is 0.461. The molecule has 1 fully saturated rings. The molecule has 0 radical (unpaired) electrons. The van der Waals surface area contributed by atoms with Crippen LogP contribution in [-0.4, -0.2) is 53.7 Å². The molecule has 0 aliphatic carbocycles. The third kappa shape index (κ3) is 5.57. The van der Waals surface area contributed by atoms with Crippen LogP contribution in [-0.2, 0) is 4.79 Å². The highest BCUT2D eigenvalue weighted by atomic mass is 32.2.